The molecule has 2 saturated heterocycles. The van der Waals surface area contributed by atoms with Crippen LogP contribution in [-0.2, 0) is 23.9 Å². The highest BCUT2D eigenvalue weighted by Crippen LogP contribution is 2.60. The first-order valence-corrected chi connectivity index (χ1v) is 14.4. The maximum atomic E-state index is 15.1. The number of nitrogens with zero attached hydrogens (tertiary/aromatic N) is 5. The number of likely N-dealkylation sites (N-methyl/N-ethyl adjacent to an activating group) is 1. The largest absolute Gasteiger partial charge is 0.468 e. The van der Waals surface area contributed by atoms with Gasteiger partial charge in [0.15, 0.2) is 16.6 Å². The number of hydrogen-bond donors (Lipinski definition) is 0. The summed E-state index contributed by atoms with van der Waals surface area (Å²) >= 11 is 0. The van der Waals surface area contributed by atoms with Gasteiger partial charge in [-0.25, -0.2) is 0 Å². The zero-order valence-electron chi connectivity index (χ0n) is 24.9. The van der Waals surface area contributed by atoms with E-state index in [1.807, 2.05) is 60.3 Å². The summed E-state index contributed by atoms with van der Waals surface area (Å²) in [6.07, 6.45) is 7.24. The molecule has 222 valence electrons. The van der Waals surface area contributed by atoms with Crippen molar-refractivity contribution in [3.63, 3.8) is 0 Å². The lowest BCUT2D eigenvalue weighted by molar-refractivity contribution is -0.206. The second kappa shape index (κ2) is 13.2. The van der Waals surface area contributed by atoms with E-state index in [4.69, 9.17) is 19.4 Å². The van der Waals surface area contributed by atoms with Crippen LogP contribution >= 0.6 is 0 Å². The summed E-state index contributed by atoms with van der Waals surface area (Å²) in [6.45, 7) is 4.10. The number of rotatable bonds is 12. The average Bonchev–Trinajstić information content (AvgIpc) is 2.99. The molecule has 2 aromatic rings. The first kappa shape index (κ1) is 30.7. The van der Waals surface area contributed by atoms with Gasteiger partial charge in [-0.15, -0.1) is 0 Å². The molecule has 10 heteroatoms. The maximum absolute atomic E-state index is 15.1. The van der Waals surface area contributed by atoms with Crippen LogP contribution in [0.3, 0.4) is 0 Å². The van der Waals surface area contributed by atoms with Gasteiger partial charge in [0.2, 0.25) is 0 Å². The average molecular weight is 566 g/mol. The Morgan fingerprint density at radius 1 is 0.878 bits per heavy atom. The molecule has 0 amide bonds. The lowest BCUT2D eigenvalue weighted by atomic mass is 9.54. The van der Waals surface area contributed by atoms with Crippen LogP contribution in [0.25, 0.3) is 0 Å². The van der Waals surface area contributed by atoms with E-state index in [0.717, 1.165) is 25.7 Å². The summed E-state index contributed by atoms with van der Waals surface area (Å²) < 4.78 is 10.9. The van der Waals surface area contributed by atoms with E-state index in [0.29, 0.717) is 31.0 Å². The van der Waals surface area contributed by atoms with Crippen molar-refractivity contribution in [3.05, 3.63) is 60.2 Å². The Bertz CT molecular complexity index is 1120. The second-order valence-corrected chi connectivity index (χ2v) is 11.4. The number of piperidine rings is 2. The Labute approximate surface area is 243 Å². The molecule has 2 aromatic heterocycles. The fourth-order valence-corrected chi connectivity index (χ4v) is 6.74. The molecule has 0 spiro atoms. The molecule has 4 atom stereocenters. The molecular formula is C31H43N5O5. The number of unbranched alkanes of at least 4 members (excludes halogenated alkanes) is 3. The highest BCUT2D eigenvalue weighted by molar-refractivity contribution is 6.17. The summed E-state index contributed by atoms with van der Waals surface area (Å²) in [4.78, 5) is 58.9. The van der Waals surface area contributed by atoms with Crippen molar-refractivity contribution < 1.29 is 23.9 Å². The van der Waals surface area contributed by atoms with Gasteiger partial charge < -0.3 is 14.4 Å². The van der Waals surface area contributed by atoms with E-state index < -0.39 is 40.6 Å². The molecule has 10 nitrogen and oxygen atoms in total. The Morgan fingerprint density at radius 2 is 1.41 bits per heavy atom. The van der Waals surface area contributed by atoms with Crippen LogP contribution in [0.5, 0.6) is 0 Å². The summed E-state index contributed by atoms with van der Waals surface area (Å²) in [5.41, 5.74) is -2.26. The van der Waals surface area contributed by atoms with Crippen molar-refractivity contribution in [1.82, 2.24) is 24.7 Å². The van der Waals surface area contributed by atoms with E-state index >= 15 is 4.79 Å². The monoisotopic (exact) mass is 565 g/mol. The lowest BCUT2D eigenvalue weighted by Gasteiger charge is -2.61. The van der Waals surface area contributed by atoms with Gasteiger partial charge in [0, 0.05) is 38.6 Å². The Kier molecular flexibility index (Phi) is 9.88. The normalized spacial score (nSPS) is 26.6. The minimum Gasteiger partial charge on any atom is -0.468 e. The van der Waals surface area contributed by atoms with Gasteiger partial charge >= 0.3 is 11.9 Å². The van der Waals surface area contributed by atoms with Crippen molar-refractivity contribution in [3.8, 4) is 0 Å². The van der Waals surface area contributed by atoms with Crippen LogP contribution in [0.4, 0.5) is 0 Å². The Hall–Kier alpha value is -3.21. The third kappa shape index (κ3) is 5.52. The highest BCUT2D eigenvalue weighted by atomic mass is 16.5. The first-order chi connectivity index (χ1) is 19.8. The van der Waals surface area contributed by atoms with Gasteiger partial charge in [0.25, 0.3) is 0 Å². The van der Waals surface area contributed by atoms with Gasteiger partial charge in [-0.05, 0) is 51.3 Å². The van der Waals surface area contributed by atoms with Crippen LogP contribution in [0.2, 0.25) is 0 Å². The third-order valence-corrected chi connectivity index (χ3v) is 8.52. The molecule has 41 heavy (non-hydrogen) atoms. The molecule has 0 aliphatic carbocycles. The first-order valence-electron chi connectivity index (χ1n) is 14.4. The quantitative estimate of drug-likeness (QED) is 0.217. The second-order valence-electron chi connectivity index (χ2n) is 11.4. The number of fused-ring (bicyclic) bond motifs is 2. The Morgan fingerprint density at radius 3 is 1.83 bits per heavy atom. The summed E-state index contributed by atoms with van der Waals surface area (Å²) in [5, 5.41) is 0. The van der Waals surface area contributed by atoms with Crippen LogP contribution in [0.15, 0.2) is 48.8 Å². The van der Waals surface area contributed by atoms with E-state index in [-0.39, 0.29) is 13.1 Å². The summed E-state index contributed by atoms with van der Waals surface area (Å²) in [5.74, 6) is -1.82. The molecule has 4 unspecified atom stereocenters. The fourth-order valence-electron chi connectivity index (χ4n) is 6.74. The zero-order valence-corrected chi connectivity index (χ0v) is 24.9. The number of pyridine rings is 2. The predicted molar refractivity (Wildman–Crippen MR) is 154 cm³/mol. The number of carbonyl (C=O) groups is 3. The molecule has 2 fully saturated rings. The number of aromatic nitrogens is 2. The molecule has 4 heterocycles. The van der Waals surface area contributed by atoms with Gasteiger partial charge in [0.05, 0.1) is 37.7 Å². The molecular weight excluding hydrogens is 522 g/mol. The number of esters is 2. The van der Waals surface area contributed by atoms with Gasteiger partial charge in [0.1, 0.15) is 0 Å². The van der Waals surface area contributed by atoms with E-state index in [1.54, 1.807) is 12.4 Å². The van der Waals surface area contributed by atoms with Crippen LogP contribution < -0.4 is 0 Å². The molecule has 4 rings (SSSR count). The number of hydrogen-bond acceptors (Lipinski definition) is 10. The number of Topliss-reactive ketones (excluding diaryl/α,β-unsaturated/α-hetero) is 1. The predicted octanol–water partition coefficient (Wildman–Crippen LogP) is 2.92. The number of carbonyl (C=O) groups excluding carboxylic acids is 3. The summed E-state index contributed by atoms with van der Waals surface area (Å²) in [7, 11) is 6.53. The number of likely N-dealkylation sites (tertiary alicyclic amines) is 2. The fraction of sp³-hybridized carbons (Fsp3) is 0.581. The highest BCUT2D eigenvalue weighted by Gasteiger charge is 2.75. The van der Waals surface area contributed by atoms with Crippen molar-refractivity contribution in [1.29, 1.82) is 0 Å². The molecule has 0 radical (unpaired) electrons. The number of methoxy groups -OCH3 is 2. The molecule has 0 N–H and O–H groups in total. The topological polar surface area (TPSA) is 105 Å². The van der Waals surface area contributed by atoms with Crippen LogP contribution in [-0.4, -0.2) is 103 Å². The van der Waals surface area contributed by atoms with Crippen molar-refractivity contribution in [2.24, 2.45) is 10.8 Å². The van der Waals surface area contributed by atoms with Gasteiger partial charge in [-0.2, -0.15) is 0 Å². The third-order valence-electron chi connectivity index (χ3n) is 8.52. The molecule has 2 aliphatic rings. The minimum absolute atomic E-state index is 0.104. The van der Waals surface area contributed by atoms with Gasteiger partial charge in [-0.3, -0.25) is 34.2 Å². The van der Waals surface area contributed by atoms with E-state index in [9.17, 15) is 9.59 Å². The van der Waals surface area contributed by atoms with E-state index in [1.165, 1.54) is 14.2 Å². The van der Waals surface area contributed by atoms with Crippen molar-refractivity contribution >= 4 is 17.7 Å². The van der Waals surface area contributed by atoms with Crippen LogP contribution in [0, 0.1) is 10.8 Å². The number of ketones is 1. The lowest BCUT2D eigenvalue weighted by Crippen LogP contribution is -2.76. The molecule has 2 aliphatic heterocycles. The molecule has 2 bridgehead atoms. The van der Waals surface area contributed by atoms with Crippen molar-refractivity contribution in [2.45, 2.75) is 44.7 Å². The standard InChI is InChI=1S/C31H43N5O5/c1-6-7-8-13-18-36-25(23-14-9-11-16-32-23)30(28(38)40-4)21-35(20-19-34(2)3)22-31(27(30)37,29(39)41-5)26(36)24-15-10-12-17-33-24/h9-12,14-17,25-26H,6-8,13,18-22H2,1-5H3. The maximum Gasteiger partial charge on any atom is 0.322 e. The van der Waals surface area contributed by atoms with Crippen molar-refractivity contribution in [2.75, 3.05) is 61.0 Å². The molecule has 0 aromatic carbocycles. The zero-order chi connectivity index (χ0) is 29.6. The summed E-state index contributed by atoms with van der Waals surface area (Å²) in [6, 6.07) is 9.47. The number of ether oxygens (including phenoxy) is 2. The Balaban J connectivity index is 2.04. The van der Waals surface area contributed by atoms with E-state index in [2.05, 4.69) is 11.8 Å². The smallest absolute Gasteiger partial charge is 0.322 e. The van der Waals surface area contributed by atoms with Gasteiger partial charge in [-0.1, -0.05) is 38.3 Å². The van der Waals surface area contributed by atoms with Crippen LogP contribution in [0.1, 0.15) is 56.1 Å². The minimum atomic E-state index is -1.71. The SMILES string of the molecule is CCCCCCN1C(c2ccccn2)C2(C(=O)OC)CN(CCN(C)C)CC(C(=O)OC)(C2=O)C1c1ccccn1. The molecule has 0 saturated carbocycles.